The fraction of sp³-hybridized carbons (Fsp3) is 0.926. The highest BCUT2D eigenvalue weighted by atomic mass is 16.7. The van der Waals surface area contributed by atoms with E-state index in [-0.39, 0.29) is 36.0 Å². The Bertz CT molecular complexity index is 700. The summed E-state index contributed by atoms with van der Waals surface area (Å²) in [4.78, 5) is 24.9. The molecule has 0 aromatic heterocycles. The SMILES string of the molecule is CCCCCCCCCC(=O)NCC(=O)N[C@@H](CC(C)C)B1O[C@@H]2C[C@@H]3C[C@@H](C3(C)C)[C@]2(C)O1. The van der Waals surface area contributed by atoms with E-state index in [0.29, 0.717) is 29.6 Å². The molecule has 4 fully saturated rings. The van der Waals surface area contributed by atoms with Gasteiger partial charge in [0.1, 0.15) is 0 Å². The van der Waals surface area contributed by atoms with Gasteiger partial charge in [0.05, 0.1) is 24.2 Å². The third-order valence-electron chi connectivity index (χ3n) is 8.82. The van der Waals surface area contributed by atoms with E-state index in [1.165, 1.54) is 38.5 Å². The first-order valence-electron chi connectivity index (χ1n) is 14.0. The fourth-order valence-corrected chi connectivity index (χ4v) is 6.58. The van der Waals surface area contributed by atoms with Gasteiger partial charge in [0.15, 0.2) is 0 Å². The number of carbonyl (C=O) groups excluding carboxylic acids is 2. The summed E-state index contributed by atoms with van der Waals surface area (Å²) in [5, 5.41) is 5.91. The molecule has 1 heterocycles. The predicted octanol–water partition coefficient (Wildman–Crippen LogP) is 5.04. The minimum absolute atomic E-state index is 0.00900. The van der Waals surface area contributed by atoms with Crippen LogP contribution in [0.5, 0.6) is 0 Å². The topological polar surface area (TPSA) is 76.7 Å². The highest BCUT2D eigenvalue weighted by Crippen LogP contribution is 2.65. The van der Waals surface area contributed by atoms with Crippen molar-refractivity contribution >= 4 is 18.9 Å². The maximum absolute atomic E-state index is 12.7. The zero-order chi connectivity index (χ0) is 24.9. The van der Waals surface area contributed by atoms with Gasteiger partial charge >= 0.3 is 7.12 Å². The van der Waals surface area contributed by atoms with Crippen molar-refractivity contribution in [1.82, 2.24) is 10.6 Å². The van der Waals surface area contributed by atoms with Crippen molar-refractivity contribution in [3.63, 3.8) is 0 Å². The molecule has 4 aliphatic rings. The van der Waals surface area contributed by atoms with Crippen LogP contribution in [0.3, 0.4) is 0 Å². The monoisotopic (exact) mass is 476 g/mol. The van der Waals surface area contributed by atoms with E-state index in [4.69, 9.17) is 9.31 Å². The van der Waals surface area contributed by atoms with Crippen LogP contribution in [0.4, 0.5) is 0 Å². The van der Waals surface area contributed by atoms with Gasteiger partial charge < -0.3 is 19.9 Å². The Balaban J connectivity index is 1.43. The van der Waals surface area contributed by atoms with Crippen LogP contribution in [0.1, 0.15) is 112 Å². The van der Waals surface area contributed by atoms with Crippen LogP contribution in [0.25, 0.3) is 0 Å². The molecule has 0 aromatic rings. The molecule has 7 heteroatoms. The van der Waals surface area contributed by atoms with Crippen molar-refractivity contribution in [3.05, 3.63) is 0 Å². The van der Waals surface area contributed by atoms with E-state index in [0.717, 1.165) is 25.7 Å². The van der Waals surface area contributed by atoms with E-state index in [1.807, 2.05) is 0 Å². The highest BCUT2D eigenvalue weighted by Gasteiger charge is 2.68. The summed E-state index contributed by atoms with van der Waals surface area (Å²) in [7, 11) is -0.431. The molecule has 5 atom stereocenters. The predicted molar refractivity (Wildman–Crippen MR) is 137 cm³/mol. The van der Waals surface area contributed by atoms with Crippen LogP contribution in [0.2, 0.25) is 0 Å². The molecule has 4 rings (SSSR count). The average molecular weight is 477 g/mol. The number of amides is 2. The lowest BCUT2D eigenvalue weighted by molar-refractivity contribution is -0.199. The van der Waals surface area contributed by atoms with Crippen molar-refractivity contribution in [2.75, 3.05) is 6.54 Å². The molecule has 2 amide bonds. The van der Waals surface area contributed by atoms with E-state index in [9.17, 15) is 9.59 Å². The molecule has 34 heavy (non-hydrogen) atoms. The lowest BCUT2D eigenvalue weighted by Crippen LogP contribution is -2.65. The van der Waals surface area contributed by atoms with E-state index < -0.39 is 7.12 Å². The van der Waals surface area contributed by atoms with Crippen LogP contribution < -0.4 is 10.6 Å². The van der Waals surface area contributed by atoms with Crippen molar-refractivity contribution in [1.29, 1.82) is 0 Å². The Labute approximate surface area is 208 Å². The molecule has 3 saturated carbocycles. The van der Waals surface area contributed by atoms with Gasteiger partial charge in [-0.3, -0.25) is 9.59 Å². The van der Waals surface area contributed by atoms with Gasteiger partial charge in [0.25, 0.3) is 0 Å². The minimum atomic E-state index is -0.431. The first-order valence-corrected chi connectivity index (χ1v) is 14.0. The fourth-order valence-electron chi connectivity index (χ4n) is 6.58. The second-order valence-corrected chi connectivity index (χ2v) is 12.3. The van der Waals surface area contributed by atoms with Crippen LogP contribution in [0, 0.1) is 23.2 Å². The van der Waals surface area contributed by atoms with Crippen molar-refractivity contribution in [2.24, 2.45) is 23.2 Å². The van der Waals surface area contributed by atoms with Crippen LogP contribution in [-0.2, 0) is 18.9 Å². The summed E-state index contributed by atoms with van der Waals surface area (Å²) in [6, 6.07) is 0. The molecule has 0 radical (unpaired) electrons. The maximum atomic E-state index is 12.7. The number of rotatable bonds is 14. The Hall–Kier alpha value is -1.08. The van der Waals surface area contributed by atoms with Crippen molar-refractivity contribution < 1.29 is 18.9 Å². The van der Waals surface area contributed by atoms with E-state index in [2.05, 4.69) is 52.2 Å². The summed E-state index contributed by atoms with van der Waals surface area (Å²) in [6.07, 6.45) is 11.8. The minimum Gasteiger partial charge on any atom is -0.404 e. The summed E-state index contributed by atoms with van der Waals surface area (Å²) in [5.41, 5.74) is 0.00765. The van der Waals surface area contributed by atoms with E-state index in [1.54, 1.807) is 0 Å². The quantitative estimate of drug-likeness (QED) is 0.272. The molecule has 1 saturated heterocycles. The van der Waals surface area contributed by atoms with Gasteiger partial charge in [0, 0.05) is 6.42 Å². The Morgan fingerprint density at radius 2 is 1.68 bits per heavy atom. The Morgan fingerprint density at radius 1 is 1.00 bits per heavy atom. The molecule has 194 valence electrons. The second-order valence-electron chi connectivity index (χ2n) is 12.3. The van der Waals surface area contributed by atoms with E-state index >= 15 is 0 Å². The second kappa shape index (κ2) is 11.8. The van der Waals surface area contributed by atoms with Crippen molar-refractivity contribution in [3.8, 4) is 0 Å². The third kappa shape index (κ3) is 6.37. The largest absolute Gasteiger partial charge is 0.481 e. The summed E-state index contributed by atoms with van der Waals surface area (Å²) < 4.78 is 13.0. The smallest absolute Gasteiger partial charge is 0.404 e. The first-order chi connectivity index (χ1) is 16.1. The zero-order valence-electron chi connectivity index (χ0n) is 22.6. The summed E-state index contributed by atoms with van der Waals surface area (Å²) in [6.45, 7) is 13.4. The Kier molecular flexibility index (Phi) is 9.53. The molecule has 0 aromatic carbocycles. The maximum Gasteiger partial charge on any atom is 0.481 e. The molecule has 1 aliphatic heterocycles. The lowest BCUT2D eigenvalue weighted by Gasteiger charge is -2.64. The molecular weight excluding hydrogens is 427 g/mol. The van der Waals surface area contributed by atoms with Crippen LogP contribution in [0.15, 0.2) is 0 Å². The summed E-state index contributed by atoms with van der Waals surface area (Å²) >= 11 is 0. The standard InChI is InChI=1S/C27H49BN2O4/c1-7-8-9-10-11-12-13-14-24(31)29-18-25(32)30-23(15-19(2)3)28-33-22-17-20-16-21(26(20,4)5)27(22,6)34-28/h19-23H,7-18H2,1-6H3,(H,29,31)(H,30,32)/t20-,21-,22+,23-,27-/m0/s1. The van der Waals surface area contributed by atoms with Gasteiger partial charge in [-0.1, -0.05) is 73.1 Å². The molecule has 3 aliphatic carbocycles. The van der Waals surface area contributed by atoms with Gasteiger partial charge in [0.2, 0.25) is 11.8 Å². The lowest BCUT2D eigenvalue weighted by atomic mass is 9.43. The highest BCUT2D eigenvalue weighted by molar-refractivity contribution is 6.47. The molecule has 2 bridgehead atoms. The number of nitrogens with one attached hydrogen (secondary N) is 2. The van der Waals surface area contributed by atoms with Gasteiger partial charge in [-0.05, 0) is 55.8 Å². The third-order valence-corrected chi connectivity index (χ3v) is 8.82. The zero-order valence-corrected chi connectivity index (χ0v) is 22.6. The molecule has 6 nitrogen and oxygen atoms in total. The van der Waals surface area contributed by atoms with Gasteiger partial charge in [-0.25, -0.2) is 0 Å². The average Bonchev–Trinajstić information content (AvgIpc) is 3.13. The molecule has 0 unspecified atom stereocenters. The number of hydrogen-bond acceptors (Lipinski definition) is 4. The number of carbonyl (C=O) groups is 2. The molecule has 0 spiro atoms. The molecule has 2 N–H and O–H groups in total. The van der Waals surface area contributed by atoms with Crippen molar-refractivity contribution in [2.45, 2.75) is 130 Å². The number of unbranched alkanes of at least 4 members (excludes halogenated alkanes) is 6. The Morgan fingerprint density at radius 3 is 2.32 bits per heavy atom. The summed E-state index contributed by atoms with van der Waals surface area (Å²) in [5.74, 6) is 1.16. The van der Waals surface area contributed by atoms with Gasteiger partial charge in [-0.15, -0.1) is 0 Å². The first kappa shape index (κ1) is 27.5. The van der Waals surface area contributed by atoms with Crippen LogP contribution >= 0.6 is 0 Å². The molecular formula is C27H49BN2O4. The van der Waals surface area contributed by atoms with Gasteiger partial charge in [-0.2, -0.15) is 0 Å². The normalized spacial score (nSPS) is 30.0. The van der Waals surface area contributed by atoms with Crippen LogP contribution in [-0.4, -0.2) is 43.1 Å². The number of hydrogen-bond donors (Lipinski definition) is 2.